The molecule has 7 nitrogen and oxygen atoms in total. The van der Waals surface area contributed by atoms with Gasteiger partial charge in [0.1, 0.15) is 5.58 Å². The summed E-state index contributed by atoms with van der Waals surface area (Å²) in [5.41, 5.74) is 4.19. The monoisotopic (exact) mass is 422 g/mol. The average Bonchev–Trinajstić information content (AvgIpc) is 3.10. The van der Waals surface area contributed by atoms with Crippen LogP contribution in [0.3, 0.4) is 0 Å². The summed E-state index contributed by atoms with van der Waals surface area (Å²) >= 11 is 0. The molecular formula is C24H26N2O5. The summed E-state index contributed by atoms with van der Waals surface area (Å²) in [6.45, 7) is 5.25. The fourth-order valence-corrected chi connectivity index (χ4v) is 3.21. The van der Waals surface area contributed by atoms with E-state index >= 15 is 0 Å². The number of ether oxygens (including phenoxy) is 1. The van der Waals surface area contributed by atoms with Crippen molar-refractivity contribution in [1.29, 1.82) is 0 Å². The molecule has 3 rings (SSSR count). The van der Waals surface area contributed by atoms with E-state index in [1.165, 1.54) is 25.1 Å². The van der Waals surface area contributed by atoms with Gasteiger partial charge in [0.2, 0.25) is 5.91 Å². The van der Waals surface area contributed by atoms with Gasteiger partial charge in [0.05, 0.1) is 19.2 Å². The number of amides is 2. The van der Waals surface area contributed by atoms with Crippen LogP contribution >= 0.6 is 0 Å². The van der Waals surface area contributed by atoms with Gasteiger partial charge in [0.25, 0.3) is 5.91 Å². The number of furan rings is 1. The second kappa shape index (κ2) is 9.47. The van der Waals surface area contributed by atoms with E-state index in [1.54, 1.807) is 12.1 Å². The molecule has 0 radical (unpaired) electrons. The van der Waals surface area contributed by atoms with Crippen molar-refractivity contribution < 1.29 is 23.5 Å². The molecule has 0 saturated carbocycles. The van der Waals surface area contributed by atoms with Crippen LogP contribution in [0.4, 0.5) is 5.69 Å². The molecule has 1 heterocycles. The molecule has 0 spiro atoms. The minimum absolute atomic E-state index is 0.00863. The van der Waals surface area contributed by atoms with Crippen LogP contribution in [0, 0.1) is 13.8 Å². The van der Waals surface area contributed by atoms with E-state index in [4.69, 9.17) is 9.15 Å². The Labute approximate surface area is 181 Å². The lowest BCUT2D eigenvalue weighted by Gasteiger charge is -2.21. The first-order valence-corrected chi connectivity index (χ1v) is 10.0. The minimum Gasteiger partial charge on any atom is -0.464 e. The fourth-order valence-electron chi connectivity index (χ4n) is 3.21. The number of carbonyl (C=O) groups is 3. The fraction of sp³-hybridized carbons (Fsp3) is 0.292. The Morgan fingerprint density at radius 2 is 1.74 bits per heavy atom. The Bertz CT molecular complexity index is 1100. The van der Waals surface area contributed by atoms with Crippen LogP contribution < -0.4 is 5.32 Å². The van der Waals surface area contributed by atoms with Gasteiger partial charge in [-0.2, -0.15) is 0 Å². The molecule has 162 valence electrons. The van der Waals surface area contributed by atoms with Crippen LogP contribution in [0.2, 0.25) is 0 Å². The van der Waals surface area contributed by atoms with E-state index in [0.717, 1.165) is 16.5 Å². The van der Waals surface area contributed by atoms with E-state index in [-0.39, 0.29) is 18.9 Å². The second-order valence-corrected chi connectivity index (χ2v) is 7.68. The SMILES string of the molecule is Cc1ccc(NC(=O)CN(C)C(=O)[C@@H](C)OC(=O)Cc2coc3cc(C)ccc23)cc1. The molecule has 2 amide bonds. The van der Waals surface area contributed by atoms with Gasteiger partial charge in [-0.1, -0.05) is 29.8 Å². The third-order valence-corrected chi connectivity index (χ3v) is 4.89. The maximum Gasteiger partial charge on any atom is 0.311 e. The molecule has 0 saturated heterocycles. The lowest BCUT2D eigenvalue weighted by atomic mass is 10.1. The zero-order valence-electron chi connectivity index (χ0n) is 18.1. The first kappa shape index (κ1) is 22.1. The van der Waals surface area contributed by atoms with Crippen LogP contribution in [-0.4, -0.2) is 42.4 Å². The van der Waals surface area contributed by atoms with Crippen LogP contribution in [0.25, 0.3) is 11.0 Å². The molecule has 0 aliphatic rings. The summed E-state index contributed by atoms with van der Waals surface area (Å²) in [5, 5.41) is 3.57. The maximum atomic E-state index is 12.5. The summed E-state index contributed by atoms with van der Waals surface area (Å²) in [7, 11) is 1.49. The van der Waals surface area contributed by atoms with Crippen molar-refractivity contribution in [2.75, 3.05) is 18.9 Å². The lowest BCUT2D eigenvalue weighted by Crippen LogP contribution is -2.41. The number of rotatable bonds is 7. The van der Waals surface area contributed by atoms with Gasteiger partial charge in [-0.15, -0.1) is 0 Å². The molecule has 0 aliphatic heterocycles. The van der Waals surface area contributed by atoms with Gasteiger partial charge < -0.3 is 19.4 Å². The molecule has 1 N–H and O–H groups in total. The van der Waals surface area contributed by atoms with Crippen molar-refractivity contribution in [3.63, 3.8) is 0 Å². The smallest absolute Gasteiger partial charge is 0.311 e. The van der Waals surface area contributed by atoms with Gasteiger partial charge in [-0.25, -0.2) is 0 Å². The maximum absolute atomic E-state index is 12.5. The summed E-state index contributed by atoms with van der Waals surface area (Å²) in [4.78, 5) is 38.3. The highest BCUT2D eigenvalue weighted by molar-refractivity contribution is 5.95. The number of carbonyl (C=O) groups excluding carboxylic acids is 3. The zero-order chi connectivity index (χ0) is 22.5. The topological polar surface area (TPSA) is 88.9 Å². The summed E-state index contributed by atoms with van der Waals surface area (Å²) < 4.78 is 10.8. The number of nitrogens with zero attached hydrogens (tertiary/aromatic N) is 1. The van der Waals surface area contributed by atoms with Gasteiger partial charge >= 0.3 is 5.97 Å². The van der Waals surface area contributed by atoms with Crippen molar-refractivity contribution in [3.8, 4) is 0 Å². The Kier molecular flexibility index (Phi) is 6.74. The predicted octanol–water partition coefficient (Wildman–Crippen LogP) is 3.62. The molecule has 0 bridgehead atoms. The first-order chi connectivity index (χ1) is 14.7. The average molecular weight is 422 g/mol. The third-order valence-electron chi connectivity index (χ3n) is 4.89. The van der Waals surface area contributed by atoms with E-state index in [0.29, 0.717) is 16.8 Å². The number of benzene rings is 2. The number of esters is 1. The Balaban J connectivity index is 1.51. The van der Waals surface area contributed by atoms with Crippen molar-refractivity contribution in [1.82, 2.24) is 4.90 Å². The minimum atomic E-state index is -1.01. The predicted molar refractivity (Wildman–Crippen MR) is 118 cm³/mol. The number of likely N-dealkylation sites (N-methyl/N-ethyl adjacent to an activating group) is 1. The Morgan fingerprint density at radius 3 is 2.45 bits per heavy atom. The summed E-state index contributed by atoms with van der Waals surface area (Å²) in [5.74, 6) is -1.33. The number of anilines is 1. The third kappa shape index (κ3) is 5.72. The number of nitrogens with one attached hydrogen (secondary N) is 1. The highest BCUT2D eigenvalue weighted by Gasteiger charge is 2.23. The standard InChI is InChI=1S/C24H26N2O5/c1-15-5-8-19(9-6-15)25-22(27)13-26(4)24(29)17(3)31-23(28)12-18-14-30-21-11-16(2)7-10-20(18)21/h5-11,14,17H,12-13H2,1-4H3,(H,25,27)/t17-/m1/s1. The first-order valence-electron chi connectivity index (χ1n) is 10.0. The summed E-state index contributed by atoms with van der Waals surface area (Å²) in [6, 6.07) is 13.1. The zero-order valence-corrected chi connectivity index (χ0v) is 18.1. The lowest BCUT2D eigenvalue weighted by molar-refractivity contribution is -0.158. The largest absolute Gasteiger partial charge is 0.464 e. The second-order valence-electron chi connectivity index (χ2n) is 7.68. The number of hydrogen-bond donors (Lipinski definition) is 1. The molecule has 3 aromatic rings. The molecule has 0 unspecified atom stereocenters. The van der Waals surface area contributed by atoms with Gasteiger partial charge in [-0.3, -0.25) is 14.4 Å². The number of aryl methyl sites for hydroxylation is 2. The van der Waals surface area contributed by atoms with Crippen LogP contribution in [0.1, 0.15) is 23.6 Å². The Morgan fingerprint density at radius 1 is 1.06 bits per heavy atom. The van der Waals surface area contributed by atoms with Crippen molar-refractivity contribution in [2.45, 2.75) is 33.3 Å². The van der Waals surface area contributed by atoms with Gasteiger partial charge in [0.15, 0.2) is 6.10 Å². The van der Waals surface area contributed by atoms with Crippen molar-refractivity contribution >= 4 is 34.4 Å². The molecule has 1 aromatic heterocycles. The normalized spacial score (nSPS) is 11.7. The molecule has 1 atom stereocenters. The number of hydrogen-bond acceptors (Lipinski definition) is 5. The number of fused-ring (bicyclic) bond motifs is 1. The van der Waals surface area contributed by atoms with Gasteiger partial charge in [-0.05, 0) is 44.5 Å². The molecule has 0 fully saturated rings. The highest BCUT2D eigenvalue weighted by Crippen LogP contribution is 2.23. The molecular weight excluding hydrogens is 396 g/mol. The van der Waals surface area contributed by atoms with Crippen LogP contribution in [0.15, 0.2) is 53.1 Å². The molecule has 7 heteroatoms. The Hall–Kier alpha value is -3.61. The van der Waals surface area contributed by atoms with Crippen LogP contribution in [0.5, 0.6) is 0 Å². The van der Waals surface area contributed by atoms with Crippen molar-refractivity contribution in [3.05, 3.63) is 65.4 Å². The molecule has 0 aliphatic carbocycles. The van der Waals surface area contributed by atoms with Crippen molar-refractivity contribution in [2.24, 2.45) is 0 Å². The summed E-state index contributed by atoms with van der Waals surface area (Å²) in [6.07, 6.45) is 0.509. The quantitative estimate of drug-likeness (QED) is 0.588. The van der Waals surface area contributed by atoms with E-state index in [2.05, 4.69) is 5.32 Å². The van der Waals surface area contributed by atoms with E-state index < -0.39 is 18.0 Å². The van der Waals surface area contributed by atoms with E-state index in [1.807, 2.05) is 44.2 Å². The van der Waals surface area contributed by atoms with Crippen LogP contribution in [-0.2, 0) is 25.5 Å². The molecule has 31 heavy (non-hydrogen) atoms. The van der Waals surface area contributed by atoms with Gasteiger partial charge in [0, 0.05) is 23.7 Å². The highest BCUT2D eigenvalue weighted by atomic mass is 16.5. The molecule has 2 aromatic carbocycles. The van der Waals surface area contributed by atoms with E-state index in [9.17, 15) is 14.4 Å².